The molecule has 0 aromatic heterocycles. The van der Waals surface area contributed by atoms with Crippen LogP contribution in [0.5, 0.6) is 0 Å². The van der Waals surface area contributed by atoms with Crippen molar-refractivity contribution in [3.05, 3.63) is 59.7 Å². The highest BCUT2D eigenvalue weighted by Gasteiger charge is 2.40. The highest BCUT2D eigenvalue weighted by molar-refractivity contribution is 5.84. The maximum Gasteiger partial charge on any atom is 0.407 e. The van der Waals surface area contributed by atoms with Crippen molar-refractivity contribution in [1.82, 2.24) is 10.6 Å². The highest BCUT2D eigenvalue weighted by atomic mass is 16.5. The summed E-state index contributed by atoms with van der Waals surface area (Å²) in [6, 6.07) is 15.4. The van der Waals surface area contributed by atoms with Gasteiger partial charge in [-0.15, -0.1) is 0 Å². The molecule has 0 radical (unpaired) electrons. The molecule has 4 rings (SSSR count). The Morgan fingerprint density at radius 3 is 2.12 bits per heavy atom. The Labute approximate surface area is 199 Å². The molecule has 2 aliphatic carbocycles. The average Bonchev–Trinajstić information content (AvgIpc) is 3.11. The van der Waals surface area contributed by atoms with Gasteiger partial charge in [-0.3, -0.25) is 4.79 Å². The number of hydrogen-bond acceptors (Lipinski definition) is 4. The molecule has 2 aliphatic rings. The normalized spacial score (nSPS) is 16.7. The minimum atomic E-state index is -1.04. The van der Waals surface area contributed by atoms with E-state index in [9.17, 15) is 19.5 Å². The van der Waals surface area contributed by atoms with Gasteiger partial charge in [0.1, 0.15) is 12.6 Å². The van der Waals surface area contributed by atoms with Crippen LogP contribution in [0.15, 0.2) is 48.5 Å². The molecule has 1 atom stereocenters. The molecule has 180 valence electrons. The number of nitrogens with one attached hydrogen (secondary N) is 2. The zero-order valence-corrected chi connectivity index (χ0v) is 19.7. The summed E-state index contributed by atoms with van der Waals surface area (Å²) in [5, 5.41) is 14.8. The van der Waals surface area contributed by atoms with Gasteiger partial charge in [-0.05, 0) is 46.4 Å². The van der Waals surface area contributed by atoms with Gasteiger partial charge in [-0.25, -0.2) is 9.59 Å². The highest BCUT2D eigenvalue weighted by Crippen LogP contribution is 2.45. The van der Waals surface area contributed by atoms with Crippen LogP contribution in [0.4, 0.5) is 4.79 Å². The molecule has 1 fully saturated rings. The first-order valence-corrected chi connectivity index (χ1v) is 11.9. The van der Waals surface area contributed by atoms with Crippen molar-refractivity contribution in [2.24, 2.45) is 11.3 Å². The van der Waals surface area contributed by atoms with Crippen LogP contribution in [0.1, 0.15) is 56.6 Å². The number of fused-ring (bicyclic) bond motifs is 3. The van der Waals surface area contributed by atoms with Crippen molar-refractivity contribution in [1.29, 1.82) is 0 Å². The van der Waals surface area contributed by atoms with Crippen molar-refractivity contribution in [3.8, 4) is 11.1 Å². The van der Waals surface area contributed by atoms with Crippen LogP contribution in [0, 0.1) is 11.3 Å². The van der Waals surface area contributed by atoms with Gasteiger partial charge >= 0.3 is 12.1 Å². The van der Waals surface area contributed by atoms with Crippen molar-refractivity contribution in [3.63, 3.8) is 0 Å². The Balaban J connectivity index is 1.31. The quantitative estimate of drug-likeness (QED) is 0.513. The summed E-state index contributed by atoms with van der Waals surface area (Å²) < 4.78 is 5.61. The van der Waals surface area contributed by atoms with E-state index in [4.69, 9.17) is 4.74 Å². The van der Waals surface area contributed by atoms with Crippen molar-refractivity contribution >= 4 is 18.0 Å². The molecular weight excluding hydrogens is 432 g/mol. The van der Waals surface area contributed by atoms with E-state index in [1.807, 2.05) is 24.3 Å². The summed E-state index contributed by atoms with van der Waals surface area (Å²) in [4.78, 5) is 36.5. The number of rotatable bonds is 9. The second-order valence-electron chi connectivity index (χ2n) is 9.84. The van der Waals surface area contributed by atoms with E-state index in [2.05, 4.69) is 34.9 Å². The number of ether oxygens (including phenoxy) is 1. The summed E-state index contributed by atoms with van der Waals surface area (Å²) in [6.07, 6.45) is 2.28. The number of amides is 2. The number of benzene rings is 2. The van der Waals surface area contributed by atoms with E-state index < -0.39 is 18.1 Å². The second-order valence-corrected chi connectivity index (χ2v) is 9.84. The lowest BCUT2D eigenvalue weighted by Crippen LogP contribution is -2.49. The summed E-state index contributed by atoms with van der Waals surface area (Å²) in [6.45, 7) is 4.09. The maximum absolute atomic E-state index is 12.5. The number of carboxylic acid groups (broad SMARTS) is 1. The van der Waals surface area contributed by atoms with Gasteiger partial charge in [-0.2, -0.15) is 0 Å². The van der Waals surface area contributed by atoms with E-state index in [1.54, 1.807) is 13.8 Å². The molecule has 2 aromatic rings. The summed E-state index contributed by atoms with van der Waals surface area (Å²) in [5.41, 5.74) is 4.30. The van der Waals surface area contributed by atoms with Crippen molar-refractivity contribution < 1.29 is 24.2 Å². The molecule has 0 bridgehead atoms. The number of hydrogen-bond donors (Lipinski definition) is 3. The minimum Gasteiger partial charge on any atom is -0.480 e. The molecule has 7 heteroatoms. The third-order valence-corrected chi connectivity index (χ3v) is 7.15. The Bertz CT molecular complexity index is 1030. The number of aliphatic carboxylic acids is 1. The van der Waals surface area contributed by atoms with Gasteiger partial charge in [-0.1, -0.05) is 68.8 Å². The minimum absolute atomic E-state index is 0.00873. The van der Waals surface area contributed by atoms with Gasteiger partial charge in [0.2, 0.25) is 5.91 Å². The van der Waals surface area contributed by atoms with Crippen LogP contribution in [-0.4, -0.2) is 42.3 Å². The lowest BCUT2D eigenvalue weighted by molar-refractivity contribution is -0.143. The largest absolute Gasteiger partial charge is 0.480 e. The molecule has 1 saturated carbocycles. The fourth-order valence-electron chi connectivity index (χ4n) is 5.08. The first-order valence-electron chi connectivity index (χ1n) is 11.9. The molecule has 0 spiro atoms. The number of carboxylic acids is 1. The summed E-state index contributed by atoms with van der Waals surface area (Å²) in [5.74, 6) is -1.55. The van der Waals surface area contributed by atoms with Crippen molar-refractivity contribution in [2.45, 2.75) is 51.5 Å². The smallest absolute Gasteiger partial charge is 0.407 e. The van der Waals surface area contributed by atoms with Gasteiger partial charge in [0.25, 0.3) is 0 Å². The molecule has 34 heavy (non-hydrogen) atoms. The van der Waals surface area contributed by atoms with Crippen molar-refractivity contribution in [2.75, 3.05) is 13.2 Å². The molecule has 3 N–H and O–H groups in total. The lowest BCUT2D eigenvalue weighted by atomic mass is 9.66. The van der Waals surface area contributed by atoms with E-state index in [0.717, 1.165) is 30.4 Å². The first kappa shape index (κ1) is 23.8. The maximum atomic E-state index is 12.5. The topological polar surface area (TPSA) is 105 Å². The fraction of sp³-hybridized carbons (Fsp3) is 0.444. The molecule has 0 heterocycles. The fourth-order valence-corrected chi connectivity index (χ4v) is 5.08. The first-order chi connectivity index (χ1) is 16.3. The Hall–Kier alpha value is -3.35. The van der Waals surface area contributed by atoms with Crippen LogP contribution in [-0.2, 0) is 14.3 Å². The monoisotopic (exact) mass is 464 g/mol. The third-order valence-electron chi connectivity index (χ3n) is 7.15. The predicted octanol–water partition coefficient (Wildman–Crippen LogP) is 4.31. The van der Waals surface area contributed by atoms with Crippen LogP contribution >= 0.6 is 0 Å². The number of alkyl carbamates (subject to hydrolysis) is 1. The summed E-state index contributed by atoms with van der Waals surface area (Å²) >= 11 is 0. The third kappa shape index (κ3) is 4.93. The van der Waals surface area contributed by atoms with Gasteiger partial charge in [0.15, 0.2) is 0 Å². The average molecular weight is 465 g/mol. The molecule has 7 nitrogen and oxygen atoms in total. The van der Waals surface area contributed by atoms with Gasteiger partial charge < -0.3 is 20.5 Å². The Morgan fingerprint density at radius 1 is 1.03 bits per heavy atom. The Morgan fingerprint density at radius 2 is 1.62 bits per heavy atom. The van der Waals surface area contributed by atoms with Gasteiger partial charge in [0.05, 0.1) is 0 Å². The molecule has 0 aliphatic heterocycles. The number of carbonyl (C=O) groups excluding carboxylic acids is 2. The van der Waals surface area contributed by atoms with E-state index in [-0.39, 0.29) is 36.2 Å². The SMILES string of the molecule is CC(C)[C@@H](NC(=O)CC1(CNC(=O)OCC2c3ccccc3-c3ccccc32)CCC1)C(=O)O. The molecule has 0 saturated heterocycles. The zero-order valence-electron chi connectivity index (χ0n) is 19.7. The van der Waals surface area contributed by atoms with E-state index in [0.29, 0.717) is 6.54 Å². The molecule has 2 amide bonds. The van der Waals surface area contributed by atoms with Crippen LogP contribution in [0.2, 0.25) is 0 Å². The number of carbonyl (C=O) groups is 3. The van der Waals surface area contributed by atoms with E-state index >= 15 is 0 Å². The van der Waals surface area contributed by atoms with Crippen LogP contribution in [0.3, 0.4) is 0 Å². The summed E-state index contributed by atoms with van der Waals surface area (Å²) in [7, 11) is 0. The predicted molar refractivity (Wildman–Crippen MR) is 128 cm³/mol. The lowest BCUT2D eigenvalue weighted by Gasteiger charge is -2.41. The van der Waals surface area contributed by atoms with Gasteiger partial charge in [0, 0.05) is 18.9 Å². The molecular formula is C27H32N2O5. The van der Waals surface area contributed by atoms with Crippen LogP contribution < -0.4 is 10.6 Å². The molecule has 2 aromatic carbocycles. The Kier molecular flexibility index (Phi) is 6.91. The standard InChI is InChI=1S/C27H32N2O5/c1-17(2)24(25(31)32)29-23(30)14-27(12-7-13-27)16-28-26(33)34-15-22-20-10-5-3-8-18(20)19-9-4-6-11-21(19)22/h3-6,8-11,17,22,24H,7,12-16H2,1-2H3,(H,28,33)(H,29,30)(H,31,32)/t24-/m1/s1. The molecule has 0 unspecified atom stereocenters. The second kappa shape index (κ2) is 9.87. The van der Waals surface area contributed by atoms with E-state index in [1.165, 1.54) is 11.1 Å². The zero-order chi connectivity index (χ0) is 24.3. The van der Waals surface area contributed by atoms with Crippen LogP contribution in [0.25, 0.3) is 11.1 Å².